The van der Waals surface area contributed by atoms with Crippen molar-refractivity contribution >= 4 is 23.2 Å². The third-order valence-corrected chi connectivity index (χ3v) is 3.36. The summed E-state index contributed by atoms with van der Waals surface area (Å²) in [4.78, 5) is 12.1. The van der Waals surface area contributed by atoms with Crippen molar-refractivity contribution in [2.75, 3.05) is 5.32 Å². The van der Waals surface area contributed by atoms with Crippen LogP contribution in [0.2, 0.25) is 5.02 Å². The summed E-state index contributed by atoms with van der Waals surface area (Å²) in [5, 5.41) is 6.87. The number of hydrogen-bond acceptors (Lipinski definition) is 3. The maximum atomic E-state index is 12.9. The predicted octanol–water partition coefficient (Wildman–Crippen LogP) is 2.93. The summed E-state index contributed by atoms with van der Waals surface area (Å²) >= 11 is 5.86. The summed E-state index contributed by atoms with van der Waals surface area (Å²) in [6.45, 7) is 3.42. The molecule has 5 nitrogen and oxygen atoms in total. The number of aryl methyl sites for hydroxylation is 1. The summed E-state index contributed by atoms with van der Waals surface area (Å²) in [5.74, 6) is -0.550. The minimum Gasteiger partial charge on any atom is -0.479 e. The van der Waals surface area contributed by atoms with Gasteiger partial charge < -0.3 is 10.1 Å². The first-order valence-electron chi connectivity index (χ1n) is 6.29. The van der Waals surface area contributed by atoms with Crippen molar-refractivity contribution in [1.29, 1.82) is 0 Å². The number of nitrogens with one attached hydrogen (secondary N) is 1. The fourth-order valence-electron chi connectivity index (χ4n) is 1.67. The number of hydrogen-bond donors (Lipinski definition) is 1. The molecule has 1 unspecified atom stereocenters. The fraction of sp³-hybridized carbons (Fsp3) is 0.286. The van der Waals surface area contributed by atoms with Crippen molar-refractivity contribution in [3.63, 3.8) is 0 Å². The van der Waals surface area contributed by atoms with E-state index in [1.165, 1.54) is 12.1 Å². The second-order valence-corrected chi connectivity index (χ2v) is 5.00. The lowest BCUT2D eigenvalue weighted by molar-refractivity contribution is -0.122. The molecule has 0 spiro atoms. The maximum absolute atomic E-state index is 12.9. The van der Waals surface area contributed by atoms with Crippen LogP contribution in [-0.2, 0) is 11.8 Å². The molecule has 0 aliphatic carbocycles. The topological polar surface area (TPSA) is 56.1 Å². The van der Waals surface area contributed by atoms with Gasteiger partial charge in [0.1, 0.15) is 11.6 Å². The number of amides is 1. The number of carbonyl (C=O) groups excluding carboxylic acids is 1. The molecule has 0 radical (unpaired) electrons. The molecule has 0 saturated heterocycles. The Morgan fingerprint density at radius 3 is 2.81 bits per heavy atom. The summed E-state index contributed by atoms with van der Waals surface area (Å²) in [7, 11) is 1.78. The first kappa shape index (κ1) is 15.3. The van der Waals surface area contributed by atoms with Crippen LogP contribution in [0, 0.1) is 12.7 Å². The Balaban J connectivity index is 2.04. The molecule has 112 valence electrons. The fourth-order valence-corrected chi connectivity index (χ4v) is 1.88. The summed E-state index contributed by atoms with van der Waals surface area (Å²) in [6, 6.07) is 3.74. The zero-order valence-electron chi connectivity index (χ0n) is 11.9. The van der Waals surface area contributed by atoms with Crippen molar-refractivity contribution in [3.05, 3.63) is 40.9 Å². The van der Waals surface area contributed by atoms with Gasteiger partial charge in [0.15, 0.2) is 6.10 Å². The van der Waals surface area contributed by atoms with E-state index in [0.29, 0.717) is 5.69 Å². The second kappa shape index (κ2) is 6.13. The van der Waals surface area contributed by atoms with E-state index in [0.717, 1.165) is 11.8 Å². The molecule has 0 bridgehead atoms. The molecule has 21 heavy (non-hydrogen) atoms. The van der Waals surface area contributed by atoms with Gasteiger partial charge in [0.05, 0.1) is 22.6 Å². The number of nitrogens with zero attached hydrogens (tertiary/aromatic N) is 2. The number of carbonyl (C=O) groups is 1. The molecule has 0 aliphatic rings. The number of rotatable bonds is 4. The molecule has 2 aromatic rings. The minimum atomic E-state index is -0.785. The summed E-state index contributed by atoms with van der Waals surface area (Å²) in [6.07, 6.45) is 0.776. The number of anilines is 1. The van der Waals surface area contributed by atoms with Gasteiger partial charge in [-0.3, -0.25) is 9.48 Å². The average molecular weight is 312 g/mol. The highest BCUT2D eigenvalue weighted by molar-refractivity contribution is 6.32. The van der Waals surface area contributed by atoms with Gasteiger partial charge in [-0.05, 0) is 32.0 Å². The number of aromatic nitrogens is 2. The van der Waals surface area contributed by atoms with Crippen LogP contribution in [0.5, 0.6) is 5.75 Å². The molecule has 1 atom stereocenters. The maximum Gasteiger partial charge on any atom is 0.265 e. The van der Waals surface area contributed by atoms with Crippen molar-refractivity contribution < 1.29 is 13.9 Å². The molecule has 0 fully saturated rings. The first-order chi connectivity index (χ1) is 9.88. The Morgan fingerprint density at radius 1 is 1.52 bits per heavy atom. The van der Waals surface area contributed by atoms with E-state index < -0.39 is 11.9 Å². The lowest BCUT2D eigenvalue weighted by atomic mass is 10.3. The zero-order chi connectivity index (χ0) is 15.6. The van der Waals surface area contributed by atoms with Gasteiger partial charge in [0.2, 0.25) is 0 Å². The monoisotopic (exact) mass is 311 g/mol. The van der Waals surface area contributed by atoms with Gasteiger partial charge in [-0.15, -0.1) is 0 Å². The van der Waals surface area contributed by atoms with E-state index >= 15 is 0 Å². The number of ether oxygens (including phenoxy) is 1. The van der Waals surface area contributed by atoms with Crippen molar-refractivity contribution in [2.24, 2.45) is 7.05 Å². The summed E-state index contributed by atoms with van der Waals surface area (Å²) in [5.41, 5.74) is 1.44. The standard InChI is InChI=1S/C14H15ClFN3O2/c1-8-12(7-17-19(8)3)18-14(20)9(2)21-13-5-4-10(16)6-11(13)15/h4-7,9H,1-3H3,(H,18,20). The zero-order valence-corrected chi connectivity index (χ0v) is 12.6. The van der Waals surface area contributed by atoms with Crippen molar-refractivity contribution in [3.8, 4) is 5.75 Å². The van der Waals surface area contributed by atoms with Crippen LogP contribution in [0.1, 0.15) is 12.6 Å². The van der Waals surface area contributed by atoms with Crippen LogP contribution in [0.25, 0.3) is 0 Å². The quantitative estimate of drug-likeness (QED) is 0.944. The smallest absolute Gasteiger partial charge is 0.265 e. The average Bonchev–Trinajstić information content (AvgIpc) is 2.73. The van der Waals surface area contributed by atoms with E-state index in [2.05, 4.69) is 10.4 Å². The third-order valence-electron chi connectivity index (χ3n) is 3.06. The van der Waals surface area contributed by atoms with Crippen LogP contribution in [0.3, 0.4) is 0 Å². The second-order valence-electron chi connectivity index (χ2n) is 4.59. The normalized spacial score (nSPS) is 12.0. The molecule has 1 aromatic heterocycles. The molecule has 1 amide bonds. The molecule has 7 heteroatoms. The van der Waals surface area contributed by atoms with E-state index in [4.69, 9.17) is 16.3 Å². The molecule has 2 rings (SSSR count). The largest absolute Gasteiger partial charge is 0.479 e. The number of benzene rings is 1. The van der Waals surface area contributed by atoms with Gasteiger partial charge in [-0.2, -0.15) is 5.10 Å². The summed E-state index contributed by atoms with van der Waals surface area (Å²) < 4.78 is 20.0. The Hall–Kier alpha value is -2.08. The van der Waals surface area contributed by atoms with Crippen LogP contribution in [-0.4, -0.2) is 21.8 Å². The molecule has 0 aliphatic heterocycles. The van der Waals surface area contributed by atoms with Gasteiger partial charge in [-0.1, -0.05) is 11.6 Å². The van der Waals surface area contributed by atoms with E-state index in [1.807, 2.05) is 6.92 Å². The van der Waals surface area contributed by atoms with Gasteiger partial charge in [0.25, 0.3) is 5.91 Å². The van der Waals surface area contributed by atoms with E-state index in [9.17, 15) is 9.18 Å². The van der Waals surface area contributed by atoms with Gasteiger partial charge in [0, 0.05) is 7.05 Å². The Labute approximate surface area is 126 Å². The van der Waals surface area contributed by atoms with Gasteiger partial charge >= 0.3 is 0 Å². The minimum absolute atomic E-state index is 0.118. The Morgan fingerprint density at radius 2 is 2.24 bits per heavy atom. The van der Waals surface area contributed by atoms with Gasteiger partial charge in [-0.25, -0.2) is 4.39 Å². The Kier molecular flexibility index (Phi) is 4.47. The molecule has 1 N–H and O–H groups in total. The SMILES string of the molecule is Cc1c(NC(=O)C(C)Oc2ccc(F)cc2Cl)cnn1C. The van der Waals surface area contributed by atoms with E-state index in [1.54, 1.807) is 24.9 Å². The lowest BCUT2D eigenvalue weighted by Gasteiger charge is -2.15. The molecular formula is C14H15ClFN3O2. The molecule has 1 heterocycles. The molecule has 0 saturated carbocycles. The Bertz CT molecular complexity index is 672. The number of halogens is 2. The van der Waals surface area contributed by atoms with Crippen LogP contribution >= 0.6 is 11.6 Å². The molecular weight excluding hydrogens is 297 g/mol. The predicted molar refractivity (Wildman–Crippen MR) is 78.1 cm³/mol. The lowest BCUT2D eigenvalue weighted by Crippen LogP contribution is -2.30. The molecule has 1 aromatic carbocycles. The van der Waals surface area contributed by atoms with Crippen LogP contribution < -0.4 is 10.1 Å². The highest BCUT2D eigenvalue weighted by Gasteiger charge is 2.18. The first-order valence-corrected chi connectivity index (χ1v) is 6.67. The van der Waals surface area contributed by atoms with Crippen LogP contribution in [0.4, 0.5) is 10.1 Å². The van der Waals surface area contributed by atoms with Crippen LogP contribution in [0.15, 0.2) is 24.4 Å². The van der Waals surface area contributed by atoms with E-state index in [-0.39, 0.29) is 16.7 Å². The van der Waals surface area contributed by atoms with Crippen molar-refractivity contribution in [1.82, 2.24) is 9.78 Å². The third kappa shape index (κ3) is 3.52. The van der Waals surface area contributed by atoms with Crippen molar-refractivity contribution in [2.45, 2.75) is 20.0 Å². The highest BCUT2D eigenvalue weighted by atomic mass is 35.5. The highest BCUT2D eigenvalue weighted by Crippen LogP contribution is 2.26.